The second-order valence-electron chi connectivity index (χ2n) is 3.61. The van der Waals surface area contributed by atoms with Gasteiger partial charge in [0.05, 0.1) is 6.61 Å². The van der Waals surface area contributed by atoms with Crippen molar-refractivity contribution in [3.05, 3.63) is 44.8 Å². The molecule has 0 saturated carbocycles. The summed E-state index contributed by atoms with van der Waals surface area (Å²) < 4.78 is 6.63. The normalized spacial score (nSPS) is 21.3. The van der Waals surface area contributed by atoms with Gasteiger partial charge in [-0.25, -0.2) is 4.79 Å². The van der Waals surface area contributed by atoms with Gasteiger partial charge in [-0.3, -0.25) is 14.3 Å². The number of aromatic nitrogens is 2. The first-order chi connectivity index (χ1) is 8.61. The number of rotatable bonds is 2. The highest BCUT2D eigenvalue weighted by atomic mass is 16.5. The Hall–Kier alpha value is -2.10. The summed E-state index contributed by atoms with van der Waals surface area (Å²) >= 11 is 0. The lowest BCUT2D eigenvalue weighted by Crippen LogP contribution is -2.33. The number of terminal acetylenes is 1. The van der Waals surface area contributed by atoms with Crippen LogP contribution in [-0.2, 0) is 4.74 Å². The predicted octanol–water partition coefficient (Wildman–Crippen LogP) is -0.460. The minimum Gasteiger partial charge on any atom is -0.393 e. The summed E-state index contributed by atoms with van der Waals surface area (Å²) in [5.74, 6) is 0. The Morgan fingerprint density at radius 1 is 1.44 bits per heavy atom. The Labute approximate surface area is 104 Å². The molecule has 96 valence electrons. The van der Waals surface area contributed by atoms with Gasteiger partial charge < -0.3 is 9.84 Å². The number of aromatic amines is 1. The van der Waals surface area contributed by atoms with Gasteiger partial charge in [0.1, 0.15) is 6.10 Å². The first-order valence-electron chi connectivity index (χ1n) is 5.22. The average Bonchev–Trinajstić information content (AvgIpc) is 2.85. The minimum atomic E-state index is -0.569. The second kappa shape index (κ2) is 6.00. The van der Waals surface area contributed by atoms with Gasteiger partial charge in [0.15, 0.2) is 6.23 Å². The van der Waals surface area contributed by atoms with Gasteiger partial charge in [-0.05, 0) is 13.0 Å². The maximum atomic E-state index is 11.5. The third-order valence-electron chi connectivity index (χ3n) is 2.40. The number of nitrogens with one attached hydrogen (secondary N) is 1. The molecule has 18 heavy (non-hydrogen) atoms. The van der Waals surface area contributed by atoms with Crippen LogP contribution in [0.15, 0.2) is 27.9 Å². The van der Waals surface area contributed by atoms with Crippen molar-refractivity contribution in [2.24, 2.45) is 0 Å². The van der Waals surface area contributed by atoms with Crippen molar-refractivity contribution in [2.75, 3.05) is 6.61 Å². The van der Waals surface area contributed by atoms with Gasteiger partial charge in [-0.2, -0.15) is 0 Å². The van der Waals surface area contributed by atoms with Crippen LogP contribution in [0.2, 0.25) is 0 Å². The summed E-state index contributed by atoms with van der Waals surface area (Å²) in [5.41, 5.74) is -0.491. The lowest BCUT2D eigenvalue weighted by Gasteiger charge is -2.14. The standard InChI is InChI=1S/C10H12N2O4.C2H2/c1-6-4-12(10(15)11-9(6)14)8-3-2-7(5-13)16-8;1-2/h2-4,7-8,13H,5H2,1H3,(H,11,14,15);1-2H/t7?,8-;/m1./s1. The van der Waals surface area contributed by atoms with Crippen LogP contribution in [-0.4, -0.2) is 27.4 Å². The van der Waals surface area contributed by atoms with Crippen molar-refractivity contribution in [1.82, 2.24) is 9.55 Å². The van der Waals surface area contributed by atoms with Crippen molar-refractivity contribution in [3.63, 3.8) is 0 Å². The van der Waals surface area contributed by atoms with Gasteiger partial charge >= 0.3 is 5.69 Å². The van der Waals surface area contributed by atoms with Gasteiger partial charge in [0, 0.05) is 11.8 Å². The lowest BCUT2D eigenvalue weighted by molar-refractivity contribution is -0.0104. The zero-order chi connectivity index (χ0) is 13.7. The fraction of sp³-hybridized carbons (Fsp3) is 0.333. The van der Waals surface area contributed by atoms with Crippen LogP contribution >= 0.6 is 0 Å². The van der Waals surface area contributed by atoms with Crippen molar-refractivity contribution < 1.29 is 9.84 Å². The summed E-state index contributed by atoms with van der Waals surface area (Å²) in [6, 6.07) is 0. The van der Waals surface area contributed by atoms with E-state index in [-0.39, 0.29) is 6.61 Å². The molecular weight excluding hydrogens is 236 g/mol. The minimum absolute atomic E-state index is 0.135. The summed E-state index contributed by atoms with van der Waals surface area (Å²) in [4.78, 5) is 24.9. The highest BCUT2D eigenvalue weighted by Gasteiger charge is 2.20. The number of hydrogen-bond acceptors (Lipinski definition) is 4. The van der Waals surface area contributed by atoms with Crippen molar-refractivity contribution in [2.45, 2.75) is 19.3 Å². The Morgan fingerprint density at radius 2 is 2.11 bits per heavy atom. The molecule has 2 atom stereocenters. The number of ether oxygens (including phenoxy) is 1. The molecule has 6 heteroatoms. The molecule has 1 aliphatic heterocycles. The van der Waals surface area contributed by atoms with Crippen molar-refractivity contribution in [1.29, 1.82) is 0 Å². The van der Waals surface area contributed by atoms with Gasteiger partial charge in [-0.15, -0.1) is 12.8 Å². The van der Waals surface area contributed by atoms with E-state index in [9.17, 15) is 9.59 Å². The summed E-state index contributed by atoms with van der Waals surface area (Å²) in [6.45, 7) is 1.47. The number of H-pyrrole nitrogens is 1. The highest BCUT2D eigenvalue weighted by molar-refractivity contribution is 5.06. The van der Waals surface area contributed by atoms with E-state index in [0.717, 1.165) is 0 Å². The molecule has 2 rings (SSSR count). The van der Waals surface area contributed by atoms with Crippen LogP contribution in [0.1, 0.15) is 11.8 Å². The molecule has 1 unspecified atom stereocenters. The van der Waals surface area contributed by atoms with E-state index in [4.69, 9.17) is 9.84 Å². The topological polar surface area (TPSA) is 84.3 Å². The molecule has 0 amide bonds. The van der Waals surface area contributed by atoms with E-state index in [0.29, 0.717) is 5.56 Å². The third kappa shape index (κ3) is 2.77. The molecule has 1 aromatic rings. The Balaban J connectivity index is 0.000000771. The van der Waals surface area contributed by atoms with Crippen LogP contribution < -0.4 is 11.2 Å². The average molecular weight is 250 g/mol. The molecule has 1 aromatic heterocycles. The van der Waals surface area contributed by atoms with Crippen LogP contribution in [0, 0.1) is 19.8 Å². The number of nitrogens with zero attached hydrogens (tertiary/aromatic N) is 1. The Morgan fingerprint density at radius 3 is 2.67 bits per heavy atom. The molecule has 0 saturated heterocycles. The van der Waals surface area contributed by atoms with E-state index in [1.807, 2.05) is 0 Å². The molecule has 0 aromatic carbocycles. The van der Waals surface area contributed by atoms with Crippen LogP contribution in [0.5, 0.6) is 0 Å². The SMILES string of the molecule is C#C.Cc1cn([C@H]2C=CC(CO)O2)c(=O)[nH]c1=O. The van der Waals surface area contributed by atoms with E-state index in [2.05, 4.69) is 17.8 Å². The maximum absolute atomic E-state index is 11.5. The molecule has 0 aliphatic carbocycles. The van der Waals surface area contributed by atoms with Gasteiger partial charge in [-0.1, -0.05) is 6.08 Å². The molecule has 0 bridgehead atoms. The number of hydrogen-bond donors (Lipinski definition) is 2. The molecule has 0 spiro atoms. The van der Waals surface area contributed by atoms with E-state index < -0.39 is 23.6 Å². The van der Waals surface area contributed by atoms with E-state index >= 15 is 0 Å². The highest BCUT2D eigenvalue weighted by Crippen LogP contribution is 2.18. The van der Waals surface area contributed by atoms with E-state index in [1.54, 1.807) is 19.1 Å². The largest absolute Gasteiger partial charge is 0.393 e. The number of aryl methyl sites for hydroxylation is 1. The molecule has 0 fully saturated rings. The molecule has 2 N–H and O–H groups in total. The van der Waals surface area contributed by atoms with E-state index in [1.165, 1.54) is 10.8 Å². The molecule has 2 heterocycles. The van der Waals surface area contributed by atoms with Crippen molar-refractivity contribution >= 4 is 0 Å². The Bertz CT molecular complexity index is 567. The third-order valence-corrected chi connectivity index (χ3v) is 2.40. The van der Waals surface area contributed by atoms with Crippen LogP contribution in [0.25, 0.3) is 0 Å². The predicted molar refractivity (Wildman–Crippen MR) is 66.1 cm³/mol. The zero-order valence-electron chi connectivity index (χ0n) is 9.87. The second-order valence-corrected chi connectivity index (χ2v) is 3.61. The number of aliphatic hydroxyl groups excluding tert-OH is 1. The van der Waals surface area contributed by atoms with Crippen LogP contribution in [0.4, 0.5) is 0 Å². The quantitative estimate of drug-likeness (QED) is 0.549. The summed E-state index contributed by atoms with van der Waals surface area (Å²) in [5, 5.41) is 8.88. The molecule has 6 nitrogen and oxygen atoms in total. The first-order valence-corrected chi connectivity index (χ1v) is 5.22. The lowest BCUT2D eigenvalue weighted by atomic mass is 10.3. The van der Waals surface area contributed by atoms with Crippen molar-refractivity contribution in [3.8, 4) is 12.8 Å². The summed E-state index contributed by atoms with van der Waals surface area (Å²) in [7, 11) is 0. The van der Waals surface area contributed by atoms with Gasteiger partial charge in [0.25, 0.3) is 5.56 Å². The monoisotopic (exact) mass is 250 g/mol. The fourth-order valence-electron chi connectivity index (χ4n) is 1.53. The summed E-state index contributed by atoms with van der Waals surface area (Å²) in [6.07, 6.45) is 11.8. The smallest absolute Gasteiger partial charge is 0.330 e. The first kappa shape index (κ1) is 14.0. The van der Waals surface area contributed by atoms with Crippen LogP contribution in [0.3, 0.4) is 0 Å². The maximum Gasteiger partial charge on any atom is 0.330 e. The van der Waals surface area contributed by atoms with Gasteiger partial charge in [0.2, 0.25) is 0 Å². The Kier molecular flexibility index (Phi) is 4.66. The molecular formula is C12H14N2O4. The molecule has 1 aliphatic rings. The molecule has 0 radical (unpaired) electrons. The fourth-order valence-corrected chi connectivity index (χ4v) is 1.53. The number of aliphatic hydroxyl groups is 1. The zero-order valence-corrected chi connectivity index (χ0v) is 9.87.